The Morgan fingerprint density at radius 1 is 1.44 bits per heavy atom. The average Bonchev–Trinajstić information content (AvgIpc) is 2.85. The van der Waals surface area contributed by atoms with Crippen LogP contribution in [0.15, 0.2) is 24.5 Å². The Morgan fingerprint density at radius 3 is 2.83 bits per heavy atom. The van der Waals surface area contributed by atoms with Gasteiger partial charge in [-0.05, 0) is 28.6 Å². The SMILES string of the molecule is CC(C)C(=O)Nc1cc(-n2cnnn2)ccc1F. The highest BCUT2D eigenvalue weighted by molar-refractivity contribution is 5.92. The summed E-state index contributed by atoms with van der Waals surface area (Å²) in [6.07, 6.45) is 1.39. The topological polar surface area (TPSA) is 72.7 Å². The third-order valence-electron chi connectivity index (χ3n) is 2.35. The van der Waals surface area contributed by atoms with Crippen molar-refractivity contribution in [1.82, 2.24) is 20.2 Å². The van der Waals surface area contributed by atoms with Gasteiger partial charge in [0.25, 0.3) is 0 Å². The van der Waals surface area contributed by atoms with Gasteiger partial charge in [-0.15, -0.1) is 5.10 Å². The first-order chi connectivity index (χ1) is 8.58. The van der Waals surface area contributed by atoms with Crippen LogP contribution in [-0.4, -0.2) is 26.1 Å². The minimum atomic E-state index is -0.499. The van der Waals surface area contributed by atoms with Crippen LogP contribution in [0.4, 0.5) is 10.1 Å². The lowest BCUT2D eigenvalue weighted by Crippen LogP contribution is -2.18. The molecule has 0 atom stereocenters. The summed E-state index contributed by atoms with van der Waals surface area (Å²) in [6, 6.07) is 4.26. The molecule has 0 aliphatic carbocycles. The van der Waals surface area contributed by atoms with E-state index in [0.717, 1.165) is 0 Å². The number of amides is 1. The molecule has 1 N–H and O–H groups in total. The summed E-state index contributed by atoms with van der Waals surface area (Å²) >= 11 is 0. The summed E-state index contributed by atoms with van der Waals surface area (Å²) in [5.41, 5.74) is 0.683. The molecule has 0 aliphatic rings. The van der Waals surface area contributed by atoms with Crippen molar-refractivity contribution < 1.29 is 9.18 Å². The van der Waals surface area contributed by atoms with Crippen LogP contribution in [0.5, 0.6) is 0 Å². The highest BCUT2D eigenvalue weighted by Crippen LogP contribution is 2.18. The minimum absolute atomic E-state index is 0.113. The van der Waals surface area contributed by atoms with Crippen molar-refractivity contribution in [2.45, 2.75) is 13.8 Å². The number of carbonyl (C=O) groups is 1. The van der Waals surface area contributed by atoms with E-state index in [9.17, 15) is 9.18 Å². The number of tetrazole rings is 1. The molecule has 2 rings (SSSR count). The van der Waals surface area contributed by atoms with Crippen molar-refractivity contribution in [3.63, 3.8) is 0 Å². The van der Waals surface area contributed by atoms with Gasteiger partial charge in [0, 0.05) is 5.92 Å². The maximum absolute atomic E-state index is 13.6. The molecular formula is C11H12FN5O. The monoisotopic (exact) mass is 249 g/mol. The van der Waals surface area contributed by atoms with Gasteiger partial charge in [0.15, 0.2) is 0 Å². The molecule has 0 bridgehead atoms. The molecule has 1 amide bonds. The average molecular weight is 249 g/mol. The highest BCUT2D eigenvalue weighted by Gasteiger charge is 2.11. The smallest absolute Gasteiger partial charge is 0.227 e. The van der Waals surface area contributed by atoms with E-state index in [1.165, 1.54) is 29.2 Å². The number of hydrogen-bond donors (Lipinski definition) is 1. The minimum Gasteiger partial charge on any atom is -0.323 e. The summed E-state index contributed by atoms with van der Waals surface area (Å²) in [4.78, 5) is 11.5. The lowest BCUT2D eigenvalue weighted by Gasteiger charge is -2.10. The number of benzene rings is 1. The number of anilines is 1. The molecule has 2 aromatic rings. The largest absolute Gasteiger partial charge is 0.323 e. The second-order valence-corrected chi connectivity index (χ2v) is 4.06. The molecular weight excluding hydrogens is 237 g/mol. The molecule has 94 valence electrons. The number of nitrogens with one attached hydrogen (secondary N) is 1. The van der Waals surface area contributed by atoms with Gasteiger partial charge in [0.2, 0.25) is 5.91 Å². The van der Waals surface area contributed by atoms with Crippen molar-refractivity contribution in [3.05, 3.63) is 30.3 Å². The number of hydrogen-bond acceptors (Lipinski definition) is 4. The van der Waals surface area contributed by atoms with Crippen molar-refractivity contribution in [3.8, 4) is 5.69 Å². The first-order valence-corrected chi connectivity index (χ1v) is 5.41. The van der Waals surface area contributed by atoms with E-state index in [2.05, 4.69) is 20.8 Å². The molecule has 1 heterocycles. The summed E-state index contributed by atoms with van der Waals surface area (Å²) in [7, 11) is 0. The summed E-state index contributed by atoms with van der Waals surface area (Å²) in [6.45, 7) is 3.47. The molecule has 1 aromatic heterocycles. The maximum atomic E-state index is 13.6. The Morgan fingerprint density at radius 2 is 2.22 bits per heavy atom. The van der Waals surface area contributed by atoms with Crippen molar-refractivity contribution in [2.24, 2.45) is 5.92 Å². The normalized spacial score (nSPS) is 10.7. The van der Waals surface area contributed by atoms with E-state index in [1.807, 2.05) is 0 Å². The molecule has 0 fully saturated rings. The zero-order chi connectivity index (χ0) is 13.1. The molecule has 0 spiro atoms. The van der Waals surface area contributed by atoms with Crippen LogP contribution in [0.3, 0.4) is 0 Å². The zero-order valence-corrected chi connectivity index (χ0v) is 9.96. The predicted molar refractivity (Wildman–Crippen MR) is 62.6 cm³/mol. The molecule has 0 unspecified atom stereocenters. The van der Waals surface area contributed by atoms with Crippen molar-refractivity contribution in [2.75, 3.05) is 5.32 Å². The van der Waals surface area contributed by atoms with Gasteiger partial charge < -0.3 is 5.32 Å². The Balaban J connectivity index is 2.30. The van der Waals surface area contributed by atoms with E-state index in [1.54, 1.807) is 13.8 Å². The van der Waals surface area contributed by atoms with Crippen LogP contribution in [-0.2, 0) is 4.79 Å². The molecule has 7 heteroatoms. The van der Waals surface area contributed by atoms with Gasteiger partial charge in [-0.1, -0.05) is 13.8 Å². The van der Waals surface area contributed by atoms with Crippen LogP contribution in [0, 0.1) is 11.7 Å². The fourth-order valence-electron chi connectivity index (χ4n) is 1.31. The van der Waals surface area contributed by atoms with E-state index in [-0.39, 0.29) is 17.5 Å². The number of aromatic nitrogens is 4. The van der Waals surface area contributed by atoms with E-state index < -0.39 is 5.82 Å². The van der Waals surface area contributed by atoms with Crippen molar-refractivity contribution in [1.29, 1.82) is 0 Å². The fourth-order valence-corrected chi connectivity index (χ4v) is 1.31. The Hall–Kier alpha value is -2.31. The number of carbonyl (C=O) groups excluding carboxylic acids is 1. The Bertz CT molecular complexity index is 553. The van der Waals surface area contributed by atoms with Gasteiger partial charge in [0.05, 0.1) is 11.4 Å². The first kappa shape index (κ1) is 12.2. The number of halogens is 1. The summed E-state index contributed by atoms with van der Waals surface area (Å²) in [5.74, 6) is -0.968. The maximum Gasteiger partial charge on any atom is 0.227 e. The highest BCUT2D eigenvalue weighted by atomic mass is 19.1. The van der Waals surface area contributed by atoms with Crippen LogP contribution >= 0.6 is 0 Å². The molecule has 1 aromatic carbocycles. The van der Waals surface area contributed by atoms with Gasteiger partial charge in [-0.25, -0.2) is 9.07 Å². The summed E-state index contributed by atoms with van der Waals surface area (Å²) < 4.78 is 14.9. The van der Waals surface area contributed by atoms with Crippen LogP contribution in [0.2, 0.25) is 0 Å². The lowest BCUT2D eigenvalue weighted by molar-refractivity contribution is -0.118. The second kappa shape index (κ2) is 4.91. The third-order valence-corrected chi connectivity index (χ3v) is 2.35. The van der Waals surface area contributed by atoms with Crippen LogP contribution < -0.4 is 5.32 Å². The van der Waals surface area contributed by atoms with Gasteiger partial charge >= 0.3 is 0 Å². The van der Waals surface area contributed by atoms with Crippen LogP contribution in [0.25, 0.3) is 5.69 Å². The van der Waals surface area contributed by atoms with Gasteiger partial charge in [-0.2, -0.15) is 0 Å². The fraction of sp³-hybridized carbons (Fsp3) is 0.273. The third kappa shape index (κ3) is 2.50. The number of rotatable bonds is 3. The van der Waals surface area contributed by atoms with Crippen LogP contribution in [0.1, 0.15) is 13.8 Å². The van der Waals surface area contributed by atoms with Gasteiger partial charge in [-0.3, -0.25) is 4.79 Å². The number of nitrogens with zero attached hydrogens (tertiary/aromatic N) is 4. The molecule has 0 saturated carbocycles. The van der Waals surface area contributed by atoms with E-state index in [4.69, 9.17) is 0 Å². The van der Waals surface area contributed by atoms with E-state index >= 15 is 0 Å². The molecule has 0 saturated heterocycles. The first-order valence-electron chi connectivity index (χ1n) is 5.41. The van der Waals surface area contributed by atoms with E-state index in [0.29, 0.717) is 5.69 Å². The second-order valence-electron chi connectivity index (χ2n) is 4.06. The zero-order valence-electron chi connectivity index (χ0n) is 9.96. The molecule has 0 aliphatic heterocycles. The lowest BCUT2D eigenvalue weighted by atomic mass is 10.2. The predicted octanol–water partition coefficient (Wildman–Crippen LogP) is 1.40. The van der Waals surface area contributed by atoms with Gasteiger partial charge in [0.1, 0.15) is 12.1 Å². The molecule has 0 radical (unpaired) electrons. The standard InChI is InChI=1S/C11H12FN5O/c1-7(2)11(18)14-10-5-8(3-4-9(10)12)17-6-13-15-16-17/h3-7H,1-2H3,(H,14,18). The molecule has 18 heavy (non-hydrogen) atoms. The Kier molecular flexibility index (Phi) is 3.31. The summed E-state index contributed by atoms with van der Waals surface area (Å²) in [5, 5.41) is 13.2. The Labute approximate surface area is 103 Å². The molecule has 6 nitrogen and oxygen atoms in total. The quantitative estimate of drug-likeness (QED) is 0.892. The van der Waals surface area contributed by atoms with Crippen molar-refractivity contribution >= 4 is 11.6 Å².